The first-order valence-corrected chi connectivity index (χ1v) is 8.01. The Morgan fingerprint density at radius 2 is 2.15 bits per heavy atom. The Bertz CT molecular complexity index is 642. The molecule has 1 aromatic heterocycles. The number of aryl methyl sites for hydroxylation is 1. The van der Waals surface area contributed by atoms with Crippen molar-refractivity contribution in [1.29, 1.82) is 0 Å². The molecule has 1 aromatic carbocycles. The number of nitrogens with zero attached hydrogens (tertiary/aromatic N) is 2. The van der Waals surface area contributed by atoms with Gasteiger partial charge in [0.1, 0.15) is 6.04 Å². The van der Waals surface area contributed by atoms with Crippen molar-refractivity contribution in [3.8, 4) is 0 Å². The molecule has 8 heteroatoms. The lowest BCUT2D eigenvalue weighted by molar-refractivity contribution is -0.136. The fourth-order valence-corrected chi connectivity index (χ4v) is 3.35. The van der Waals surface area contributed by atoms with Gasteiger partial charge in [-0.1, -0.05) is 30.9 Å². The molecular weight excluding hydrogens is 328 g/mol. The van der Waals surface area contributed by atoms with E-state index < -0.39 is 0 Å². The summed E-state index contributed by atoms with van der Waals surface area (Å²) >= 11 is 0. The molecular formula is C12H18N2O2P4. The molecule has 0 aliphatic heterocycles. The summed E-state index contributed by atoms with van der Waals surface area (Å²) < 4.78 is 8.52. The van der Waals surface area contributed by atoms with Gasteiger partial charge in [0, 0.05) is 18.0 Å². The molecule has 0 radical (unpaired) electrons. The summed E-state index contributed by atoms with van der Waals surface area (Å²) in [4.78, 5) is 11.9. The first kappa shape index (κ1) is 16.3. The zero-order chi connectivity index (χ0) is 14.9. The minimum Gasteiger partial charge on any atom is -0.450 e. The highest BCUT2D eigenvalue weighted by atomic mass is 31.1. The van der Waals surface area contributed by atoms with Crippen molar-refractivity contribution in [1.82, 2.24) is 8.78 Å². The summed E-state index contributed by atoms with van der Waals surface area (Å²) in [7, 11) is 9.69. The van der Waals surface area contributed by atoms with Crippen molar-refractivity contribution < 1.29 is 9.32 Å². The molecule has 108 valence electrons. The van der Waals surface area contributed by atoms with E-state index in [9.17, 15) is 4.79 Å². The number of aromatic nitrogens is 1. The van der Waals surface area contributed by atoms with Crippen LogP contribution in [0.4, 0.5) is 0 Å². The van der Waals surface area contributed by atoms with Crippen LogP contribution in [0, 0.1) is 6.92 Å². The van der Waals surface area contributed by atoms with Gasteiger partial charge in [-0.15, -0.1) is 0 Å². The SMILES string of the molecule is Cc1cccc2c1c(CC(C(=O)OP)N(P)P)cn2P. The van der Waals surface area contributed by atoms with E-state index in [1.807, 2.05) is 26.1 Å². The maximum Gasteiger partial charge on any atom is 0.326 e. The van der Waals surface area contributed by atoms with Crippen LogP contribution in [0.25, 0.3) is 10.9 Å². The molecule has 0 aliphatic rings. The largest absolute Gasteiger partial charge is 0.450 e. The van der Waals surface area contributed by atoms with E-state index in [1.165, 1.54) is 10.9 Å². The topological polar surface area (TPSA) is 34.5 Å². The van der Waals surface area contributed by atoms with Crippen molar-refractivity contribution in [3.63, 3.8) is 0 Å². The Morgan fingerprint density at radius 1 is 1.45 bits per heavy atom. The van der Waals surface area contributed by atoms with Crippen molar-refractivity contribution >= 4 is 54.5 Å². The number of hydrogen-bond acceptors (Lipinski definition) is 3. The molecule has 20 heavy (non-hydrogen) atoms. The Hall–Kier alpha value is -0.0900. The summed E-state index contributed by atoms with van der Waals surface area (Å²) in [6.07, 6.45) is 2.63. The maximum absolute atomic E-state index is 11.9. The third-order valence-electron chi connectivity index (χ3n) is 3.31. The number of carbonyl (C=O) groups excluding carboxylic acids is 1. The van der Waals surface area contributed by atoms with Gasteiger partial charge in [-0.3, -0.25) is 9.24 Å². The smallest absolute Gasteiger partial charge is 0.326 e. The fourth-order valence-electron chi connectivity index (χ4n) is 2.34. The Labute approximate surface area is 128 Å². The summed E-state index contributed by atoms with van der Waals surface area (Å²) in [6, 6.07) is 5.82. The van der Waals surface area contributed by atoms with E-state index >= 15 is 0 Å². The lowest BCUT2D eigenvalue weighted by atomic mass is 10.0. The van der Waals surface area contributed by atoms with Crippen LogP contribution in [0.1, 0.15) is 11.1 Å². The molecule has 2 aromatic rings. The molecule has 0 fully saturated rings. The zero-order valence-electron chi connectivity index (χ0n) is 11.1. The minimum atomic E-state index is -0.363. The predicted octanol–water partition coefficient (Wildman–Crippen LogP) is 2.71. The summed E-state index contributed by atoms with van der Waals surface area (Å²) in [5.41, 5.74) is 3.47. The van der Waals surface area contributed by atoms with E-state index in [-0.39, 0.29) is 12.0 Å². The van der Waals surface area contributed by atoms with E-state index in [4.69, 9.17) is 4.52 Å². The average Bonchev–Trinajstić information content (AvgIpc) is 2.73. The zero-order valence-corrected chi connectivity index (χ0v) is 15.7. The highest BCUT2D eigenvalue weighted by Gasteiger charge is 2.24. The molecule has 0 spiro atoms. The second-order valence-electron chi connectivity index (χ2n) is 4.63. The molecule has 5 unspecified atom stereocenters. The van der Waals surface area contributed by atoms with Crippen LogP contribution in [-0.2, 0) is 15.7 Å². The van der Waals surface area contributed by atoms with Crippen LogP contribution in [-0.4, -0.2) is 20.8 Å². The Balaban J connectivity index is 2.45. The van der Waals surface area contributed by atoms with Gasteiger partial charge in [0.15, 0.2) is 0 Å². The maximum atomic E-state index is 11.9. The third-order valence-corrected chi connectivity index (χ3v) is 4.69. The number of rotatable bonds is 4. The standard InChI is InChI=1S/C12H18N2O2P4/c1-7-3-2-4-9-11(7)8(6-13(9)17)5-10(14(18)19)12(15)16-20/h2-4,6,10H,5,17-20H2,1H3. The highest BCUT2D eigenvalue weighted by molar-refractivity contribution is 7.31. The fraction of sp³-hybridized carbons (Fsp3) is 0.250. The van der Waals surface area contributed by atoms with Crippen molar-refractivity contribution in [2.24, 2.45) is 0 Å². The van der Waals surface area contributed by atoms with Gasteiger partial charge in [-0.05, 0) is 33.5 Å². The number of benzene rings is 1. The molecule has 0 aliphatic carbocycles. The normalized spacial score (nSPS) is 12.9. The first-order chi connectivity index (χ1) is 9.45. The van der Waals surface area contributed by atoms with Gasteiger partial charge in [0.2, 0.25) is 0 Å². The van der Waals surface area contributed by atoms with Crippen LogP contribution in [0.15, 0.2) is 24.4 Å². The minimum absolute atomic E-state index is 0.279. The van der Waals surface area contributed by atoms with Gasteiger partial charge < -0.3 is 8.86 Å². The lowest BCUT2D eigenvalue weighted by Gasteiger charge is -2.20. The predicted molar refractivity (Wildman–Crippen MR) is 96.3 cm³/mol. The number of fused-ring (bicyclic) bond motifs is 1. The molecule has 0 saturated heterocycles. The van der Waals surface area contributed by atoms with Crippen LogP contribution in [0.5, 0.6) is 0 Å². The molecule has 0 bridgehead atoms. The molecule has 1 heterocycles. The van der Waals surface area contributed by atoms with Crippen LogP contribution >= 0.6 is 37.6 Å². The molecule has 0 N–H and O–H groups in total. The third kappa shape index (κ3) is 3.22. The molecule has 5 atom stereocenters. The summed E-state index contributed by atoms with van der Waals surface area (Å²) in [5.74, 6) is -0.279. The van der Waals surface area contributed by atoms with Gasteiger partial charge in [0.05, 0.1) is 15.0 Å². The highest BCUT2D eigenvalue weighted by Crippen LogP contribution is 2.29. The quantitative estimate of drug-likeness (QED) is 0.799. The Kier molecular flexibility index (Phi) is 5.52. The molecule has 0 saturated carbocycles. The lowest BCUT2D eigenvalue weighted by Crippen LogP contribution is -2.31. The van der Waals surface area contributed by atoms with E-state index in [0.717, 1.165) is 11.1 Å². The van der Waals surface area contributed by atoms with Crippen LogP contribution in [0.2, 0.25) is 0 Å². The Morgan fingerprint density at radius 3 is 2.75 bits per heavy atom. The van der Waals surface area contributed by atoms with Gasteiger partial charge in [-0.25, -0.2) is 0 Å². The van der Waals surface area contributed by atoms with E-state index in [2.05, 4.69) is 47.2 Å². The first-order valence-electron chi connectivity index (χ1n) is 5.99. The monoisotopic (exact) mass is 346 g/mol. The number of hydrogen-bond donors (Lipinski definition) is 0. The average molecular weight is 346 g/mol. The van der Waals surface area contributed by atoms with Gasteiger partial charge in [0.25, 0.3) is 0 Å². The van der Waals surface area contributed by atoms with Crippen molar-refractivity contribution in [2.75, 3.05) is 0 Å². The number of carbonyl (C=O) groups is 1. The van der Waals surface area contributed by atoms with E-state index in [1.54, 1.807) is 4.44 Å². The second kappa shape index (κ2) is 6.78. The summed E-state index contributed by atoms with van der Waals surface area (Å²) in [6.45, 7) is 2.08. The van der Waals surface area contributed by atoms with E-state index in [0.29, 0.717) is 6.42 Å². The molecule has 0 amide bonds. The molecule has 2 rings (SSSR count). The summed E-state index contributed by atoms with van der Waals surface area (Å²) in [5, 5.41) is 1.20. The molecule has 4 nitrogen and oxygen atoms in total. The van der Waals surface area contributed by atoms with Crippen molar-refractivity contribution in [3.05, 3.63) is 35.5 Å². The van der Waals surface area contributed by atoms with Crippen LogP contribution < -0.4 is 0 Å². The van der Waals surface area contributed by atoms with Crippen molar-refractivity contribution in [2.45, 2.75) is 19.4 Å². The van der Waals surface area contributed by atoms with Gasteiger partial charge in [-0.2, -0.15) is 0 Å². The second-order valence-corrected chi connectivity index (χ2v) is 7.22. The van der Waals surface area contributed by atoms with Crippen LogP contribution in [0.3, 0.4) is 0 Å². The van der Waals surface area contributed by atoms with Gasteiger partial charge >= 0.3 is 5.97 Å².